The third-order valence-corrected chi connectivity index (χ3v) is 4.96. The van der Waals surface area contributed by atoms with Gasteiger partial charge >= 0.3 is 0 Å². The zero-order valence-corrected chi connectivity index (χ0v) is 14.0. The molecule has 1 aliphatic carbocycles. The second-order valence-corrected chi connectivity index (χ2v) is 6.68. The molecule has 1 aromatic rings. The summed E-state index contributed by atoms with van der Waals surface area (Å²) in [5.41, 5.74) is 7.46. The van der Waals surface area contributed by atoms with Crippen LogP contribution < -0.4 is 5.73 Å². The van der Waals surface area contributed by atoms with Gasteiger partial charge in [-0.25, -0.2) is 0 Å². The highest BCUT2D eigenvalue weighted by Crippen LogP contribution is 2.33. The van der Waals surface area contributed by atoms with Crippen LogP contribution >= 0.6 is 11.6 Å². The Morgan fingerprint density at radius 2 is 1.95 bits per heavy atom. The Morgan fingerprint density at radius 3 is 2.57 bits per heavy atom. The van der Waals surface area contributed by atoms with Crippen LogP contribution in [0.2, 0.25) is 5.02 Å². The molecule has 0 aromatic heterocycles. The van der Waals surface area contributed by atoms with Gasteiger partial charge in [-0.05, 0) is 42.9 Å². The van der Waals surface area contributed by atoms with E-state index in [0.717, 1.165) is 29.3 Å². The average Bonchev–Trinajstić information content (AvgIpc) is 2.53. The molecule has 0 amide bonds. The van der Waals surface area contributed by atoms with Gasteiger partial charge in [0.1, 0.15) is 0 Å². The minimum atomic E-state index is -0.0205. The number of benzene rings is 1. The van der Waals surface area contributed by atoms with E-state index in [1.54, 1.807) is 0 Å². The summed E-state index contributed by atoms with van der Waals surface area (Å²) in [6.45, 7) is 4.40. The molecule has 118 valence electrons. The lowest BCUT2D eigenvalue weighted by Gasteiger charge is -2.34. The molecular weight excluding hydrogens is 282 g/mol. The van der Waals surface area contributed by atoms with E-state index in [1.807, 2.05) is 24.3 Å². The predicted octanol–water partition coefficient (Wildman–Crippen LogP) is 5.10. The van der Waals surface area contributed by atoms with E-state index in [2.05, 4.69) is 13.8 Å². The highest BCUT2D eigenvalue weighted by molar-refractivity contribution is 6.30. The first kappa shape index (κ1) is 16.8. The number of hydrogen-bond acceptors (Lipinski definition) is 2. The molecule has 0 saturated heterocycles. The lowest BCUT2D eigenvalue weighted by Crippen LogP contribution is -2.34. The number of nitrogens with two attached hydrogens (primary N) is 1. The zero-order chi connectivity index (χ0) is 15.2. The molecule has 2 rings (SSSR count). The zero-order valence-electron chi connectivity index (χ0n) is 13.2. The average molecular weight is 310 g/mol. The van der Waals surface area contributed by atoms with Crippen LogP contribution in [0.4, 0.5) is 0 Å². The largest absolute Gasteiger partial charge is 0.369 e. The fourth-order valence-corrected chi connectivity index (χ4v) is 3.36. The molecule has 0 aliphatic heterocycles. The Bertz CT molecular complexity index is 420. The summed E-state index contributed by atoms with van der Waals surface area (Å²) in [6, 6.07) is 7.97. The molecule has 4 atom stereocenters. The van der Waals surface area contributed by atoms with Crippen molar-refractivity contribution in [2.24, 2.45) is 11.7 Å². The van der Waals surface area contributed by atoms with Crippen LogP contribution in [0.15, 0.2) is 24.3 Å². The van der Waals surface area contributed by atoms with E-state index < -0.39 is 0 Å². The van der Waals surface area contributed by atoms with Crippen LogP contribution in [-0.2, 0) is 4.74 Å². The summed E-state index contributed by atoms with van der Waals surface area (Å²) < 4.78 is 6.43. The third-order valence-electron chi connectivity index (χ3n) is 4.71. The molecule has 0 heterocycles. The highest BCUT2D eigenvalue weighted by atomic mass is 35.5. The Labute approximate surface area is 134 Å². The lowest BCUT2D eigenvalue weighted by atomic mass is 9.85. The summed E-state index contributed by atoms with van der Waals surface area (Å²) in [7, 11) is 0. The van der Waals surface area contributed by atoms with Gasteiger partial charge in [0.25, 0.3) is 0 Å². The fourth-order valence-electron chi connectivity index (χ4n) is 3.24. The van der Waals surface area contributed by atoms with Gasteiger partial charge in [-0.3, -0.25) is 0 Å². The molecule has 1 fully saturated rings. The summed E-state index contributed by atoms with van der Waals surface area (Å²) in [5.74, 6) is 0.812. The molecule has 4 unspecified atom stereocenters. The molecule has 1 aromatic carbocycles. The van der Waals surface area contributed by atoms with Crippen molar-refractivity contribution in [2.75, 3.05) is 0 Å². The number of rotatable bonds is 6. The molecular formula is C18H28ClNO. The van der Waals surface area contributed by atoms with Gasteiger partial charge in [0.05, 0.1) is 12.2 Å². The second kappa shape index (κ2) is 8.17. The minimum absolute atomic E-state index is 0.0205. The predicted molar refractivity (Wildman–Crippen MR) is 89.6 cm³/mol. The Balaban J connectivity index is 2.07. The van der Waals surface area contributed by atoms with Crippen LogP contribution in [0.25, 0.3) is 0 Å². The fraction of sp³-hybridized carbons (Fsp3) is 0.667. The van der Waals surface area contributed by atoms with Gasteiger partial charge in [-0.2, -0.15) is 0 Å². The van der Waals surface area contributed by atoms with Gasteiger partial charge < -0.3 is 10.5 Å². The van der Waals surface area contributed by atoms with Crippen molar-refractivity contribution in [3.63, 3.8) is 0 Å². The van der Waals surface area contributed by atoms with E-state index in [1.165, 1.54) is 25.7 Å². The smallest absolute Gasteiger partial charge is 0.0979 e. The summed E-state index contributed by atoms with van der Waals surface area (Å²) in [5, 5.41) is 0.756. The Kier molecular flexibility index (Phi) is 6.53. The molecule has 21 heavy (non-hydrogen) atoms. The topological polar surface area (TPSA) is 35.2 Å². The third kappa shape index (κ3) is 4.70. The highest BCUT2D eigenvalue weighted by Gasteiger charge is 2.27. The first-order valence-electron chi connectivity index (χ1n) is 8.30. The minimum Gasteiger partial charge on any atom is -0.369 e. The quantitative estimate of drug-likeness (QED) is 0.793. The first-order chi connectivity index (χ1) is 10.1. The maximum Gasteiger partial charge on any atom is 0.0979 e. The van der Waals surface area contributed by atoms with Crippen molar-refractivity contribution in [1.82, 2.24) is 0 Å². The molecule has 1 saturated carbocycles. The lowest BCUT2D eigenvalue weighted by molar-refractivity contribution is -0.0536. The molecule has 2 N–H and O–H groups in total. The summed E-state index contributed by atoms with van der Waals surface area (Å²) in [4.78, 5) is 0. The van der Waals surface area contributed by atoms with Crippen molar-refractivity contribution in [2.45, 2.75) is 70.6 Å². The molecule has 0 radical (unpaired) electrons. The standard InChI is InChI=1S/C18H28ClNO/c1-3-13-6-5-7-16(12-13)21-18(17(20)4-2)14-8-10-15(19)11-9-14/h8-11,13,16-18H,3-7,12,20H2,1-2H3. The molecule has 1 aliphatic rings. The van der Waals surface area contributed by atoms with Crippen LogP contribution in [0.5, 0.6) is 0 Å². The van der Waals surface area contributed by atoms with E-state index in [-0.39, 0.29) is 12.1 Å². The number of halogens is 1. The monoisotopic (exact) mass is 309 g/mol. The van der Waals surface area contributed by atoms with E-state index in [0.29, 0.717) is 6.10 Å². The van der Waals surface area contributed by atoms with Crippen LogP contribution in [0.3, 0.4) is 0 Å². The number of ether oxygens (including phenoxy) is 1. The normalized spacial score (nSPS) is 25.5. The molecule has 3 heteroatoms. The van der Waals surface area contributed by atoms with E-state index >= 15 is 0 Å². The number of hydrogen-bond donors (Lipinski definition) is 1. The van der Waals surface area contributed by atoms with E-state index in [4.69, 9.17) is 22.1 Å². The van der Waals surface area contributed by atoms with Crippen molar-refractivity contribution in [3.05, 3.63) is 34.9 Å². The van der Waals surface area contributed by atoms with Gasteiger partial charge in [-0.15, -0.1) is 0 Å². The van der Waals surface area contributed by atoms with Gasteiger partial charge in [0, 0.05) is 11.1 Å². The van der Waals surface area contributed by atoms with Crippen LogP contribution in [-0.4, -0.2) is 12.1 Å². The van der Waals surface area contributed by atoms with Crippen LogP contribution in [0, 0.1) is 5.92 Å². The van der Waals surface area contributed by atoms with Crippen molar-refractivity contribution >= 4 is 11.6 Å². The maximum atomic E-state index is 6.43. The maximum absolute atomic E-state index is 6.43. The van der Waals surface area contributed by atoms with E-state index in [9.17, 15) is 0 Å². The summed E-state index contributed by atoms with van der Waals surface area (Å²) in [6.07, 6.45) is 7.46. The van der Waals surface area contributed by atoms with Gasteiger partial charge in [-0.1, -0.05) is 56.8 Å². The van der Waals surface area contributed by atoms with Crippen molar-refractivity contribution < 1.29 is 4.74 Å². The SMILES string of the molecule is CCC1CCCC(OC(c2ccc(Cl)cc2)C(N)CC)C1. The van der Waals surface area contributed by atoms with Crippen molar-refractivity contribution in [3.8, 4) is 0 Å². The van der Waals surface area contributed by atoms with Gasteiger partial charge in [0.15, 0.2) is 0 Å². The van der Waals surface area contributed by atoms with Crippen LogP contribution in [0.1, 0.15) is 64.0 Å². The molecule has 0 spiro atoms. The van der Waals surface area contributed by atoms with Crippen molar-refractivity contribution in [1.29, 1.82) is 0 Å². The molecule has 0 bridgehead atoms. The van der Waals surface area contributed by atoms with Gasteiger partial charge in [0.2, 0.25) is 0 Å². The Morgan fingerprint density at radius 1 is 1.24 bits per heavy atom. The second-order valence-electron chi connectivity index (χ2n) is 6.24. The molecule has 2 nitrogen and oxygen atoms in total. The first-order valence-corrected chi connectivity index (χ1v) is 8.68. The Hall–Kier alpha value is -0.570. The summed E-state index contributed by atoms with van der Waals surface area (Å²) >= 11 is 5.99.